The summed E-state index contributed by atoms with van der Waals surface area (Å²) in [6, 6.07) is 18.1. The van der Waals surface area contributed by atoms with Crippen LogP contribution in [0.15, 0.2) is 54.6 Å². The van der Waals surface area contributed by atoms with Crippen molar-refractivity contribution in [1.29, 1.82) is 0 Å². The molecule has 2 aromatic rings. The van der Waals surface area contributed by atoms with Crippen LogP contribution in [0.3, 0.4) is 0 Å². The summed E-state index contributed by atoms with van der Waals surface area (Å²) in [7, 11) is 0. The second-order valence-electron chi connectivity index (χ2n) is 6.77. The summed E-state index contributed by atoms with van der Waals surface area (Å²) in [6.07, 6.45) is 7.30. The molecule has 1 atom stereocenters. The van der Waals surface area contributed by atoms with E-state index in [2.05, 4.69) is 24.4 Å². The highest BCUT2D eigenvalue weighted by atomic mass is 16.2. The van der Waals surface area contributed by atoms with Gasteiger partial charge >= 0.3 is 0 Å². The number of para-hydroxylation sites is 1. The van der Waals surface area contributed by atoms with Gasteiger partial charge in [-0.3, -0.25) is 4.79 Å². The van der Waals surface area contributed by atoms with Crippen LogP contribution in [0.1, 0.15) is 67.5 Å². The standard InChI is InChI=1S/C22H28N2O/c1-2-3-4-5-6-12-17-24-21(18-13-8-7-9-14-18)23-20-16-11-10-15-19(20)22(24)25/h7-11,13-16,21,23H,2-6,12,17H2,1H3. The van der Waals surface area contributed by atoms with E-state index in [1.165, 1.54) is 32.1 Å². The van der Waals surface area contributed by atoms with Crippen molar-refractivity contribution in [3.05, 3.63) is 65.7 Å². The highest BCUT2D eigenvalue weighted by molar-refractivity contribution is 6.01. The van der Waals surface area contributed by atoms with Crippen molar-refractivity contribution in [1.82, 2.24) is 4.90 Å². The third-order valence-corrected chi connectivity index (χ3v) is 4.89. The van der Waals surface area contributed by atoms with Gasteiger partial charge in [-0.25, -0.2) is 0 Å². The van der Waals surface area contributed by atoms with E-state index >= 15 is 0 Å². The molecule has 0 radical (unpaired) electrons. The van der Waals surface area contributed by atoms with Crippen molar-refractivity contribution >= 4 is 11.6 Å². The number of fused-ring (bicyclic) bond motifs is 1. The van der Waals surface area contributed by atoms with Gasteiger partial charge in [0.05, 0.1) is 5.56 Å². The first-order valence-electron chi connectivity index (χ1n) is 9.52. The lowest BCUT2D eigenvalue weighted by atomic mass is 10.0. The second-order valence-corrected chi connectivity index (χ2v) is 6.77. The minimum absolute atomic E-state index is 0.0840. The van der Waals surface area contributed by atoms with Gasteiger partial charge in [-0.1, -0.05) is 81.5 Å². The first kappa shape index (κ1) is 17.5. The topological polar surface area (TPSA) is 32.3 Å². The van der Waals surface area contributed by atoms with E-state index in [1.54, 1.807) is 0 Å². The van der Waals surface area contributed by atoms with E-state index in [4.69, 9.17) is 0 Å². The van der Waals surface area contributed by atoms with Gasteiger partial charge < -0.3 is 10.2 Å². The first-order chi connectivity index (χ1) is 12.3. The van der Waals surface area contributed by atoms with Crippen molar-refractivity contribution in [3.63, 3.8) is 0 Å². The van der Waals surface area contributed by atoms with Crippen LogP contribution in [0, 0.1) is 0 Å². The number of carbonyl (C=O) groups is 1. The molecule has 0 aliphatic carbocycles. The van der Waals surface area contributed by atoms with Crippen LogP contribution in [-0.2, 0) is 0 Å². The predicted molar refractivity (Wildman–Crippen MR) is 104 cm³/mol. The molecule has 2 aromatic carbocycles. The van der Waals surface area contributed by atoms with Crippen LogP contribution in [-0.4, -0.2) is 17.4 Å². The van der Waals surface area contributed by atoms with Gasteiger partial charge in [0.2, 0.25) is 0 Å². The van der Waals surface area contributed by atoms with Gasteiger partial charge in [0.1, 0.15) is 6.17 Å². The van der Waals surface area contributed by atoms with Gasteiger partial charge in [-0.2, -0.15) is 0 Å². The molecule has 3 heteroatoms. The number of anilines is 1. The summed E-state index contributed by atoms with van der Waals surface area (Å²) < 4.78 is 0. The number of nitrogens with zero attached hydrogens (tertiary/aromatic N) is 1. The van der Waals surface area contributed by atoms with Crippen LogP contribution in [0.25, 0.3) is 0 Å². The Bertz CT molecular complexity index is 683. The smallest absolute Gasteiger partial charge is 0.257 e. The molecule has 0 saturated heterocycles. The molecule has 1 aliphatic heterocycles. The van der Waals surface area contributed by atoms with E-state index in [9.17, 15) is 4.79 Å². The maximum atomic E-state index is 13.1. The minimum atomic E-state index is -0.0840. The zero-order valence-electron chi connectivity index (χ0n) is 15.1. The van der Waals surface area contributed by atoms with E-state index in [-0.39, 0.29) is 12.1 Å². The average Bonchev–Trinajstić information content (AvgIpc) is 2.66. The van der Waals surface area contributed by atoms with E-state index in [0.717, 1.165) is 29.8 Å². The number of amides is 1. The summed E-state index contributed by atoms with van der Waals surface area (Å²) in [5.74, 6) is 0.136. The van der Waals surface area contributed by atoms with Gasteiger partial charge in [-0.15, -0.1) is 0 Å². The summed E-state index contributed by atoms with van der Waals surface area (Å²) in [6.45, 7) is 3.03. The van der Waals surface area contributed by atoms with Crippen LogP contribution in [0.4, 0.5) is 5.69 Å². The quantitative estimate of drug-likeness (QED) is 0.635. The van der Waals surface area contributed by atoms with Gasteiger partial charge in [0.15, 0.2) is 0 Å². The number of benzene rings is 2. The average molecular weight is 336 g/mol. The predicted octanol–water partition coefficient (Wildman–Crippen LogP) is 5.61. The molecule has 1 amide bonds. The number of carbonyl (C=O) groups excluding carboxylic acids is 1. The minimum Gasteiger partial charge on any atom is -0.361 e. The summed E-state index contributed by atoms with van der Waals surface area (Å²) in [4.78, 5) is 15.1. The molecule has 1 heterocycles. The monoisotopic (exact) mass is 336 g/mol. The van der Waals surface area contributed by atoms with Crippen molar-refractivity contribution in [2.24, 2.45) is 0 Å². The SMILES string of the molecule is CCCCCCCCN1C(=O)c2ccccc2NC1c1ccccc1. The molecule has 3 nitrogen and oxygen atoms in total. The molecule has 3 rings (SSSR count). The van der Waals surface area contributed by atoms with Crippen LogP contribution in [0.2, 0.25) is 0 Å². The second kappa shape index (κ2) is 8.70. The van der Waals surface area contributed by atoms with Crippen molar-refractivity contribution < 1.29 is 4.79 Å². The van der Waals surface area contributed by atoms with Crippen LogP contribution >= 0.6 is 0 Å². The Morgan fingerprint density at radius 3 is 2.36 bits per heavy atom. The Hall–Kier alpha value is -2.29. The molecule has 132 valence electrons. The Morgan fingerprint density at radius 2 is 1.56 bits per heavy atom. The molecule has 1 unspecified atom stereocenters. The first-order valence-corrected chi connectivity index (χ1v) is 9.52. The maximum Gasteiger partial charge on any atom is 0.257 e. The molecule has 0 aromatic heterocycles. The fraction of sp³-hybridized carbons (Fsp3) is 0.409. The highest BCUT2D eigenvalue weighted by Gasteiger charge is 2.32. The molecule has 0 saturated carbocycles. The Kier molecular flexibility index (Phi) is 6.10. The molecular weight excluding hydrogens is 308 g/mol. The fourth-order valence-corrected chi connectivity index (χ4v) is 3.48. The van der Waals surface area contributed by atoms with Crippen molar-refractivity contribution in [3.8, 4) is 0 Å². The summed E-state index contributed by atoms with van der Waals surface area (Å²) in [5, 5.41) is 3.56. The molecule has 1 aliphatic rings. The molecule has 1 N–H and O–H groups in total. The number of unbranched alkanes of at least 4 members (excludes halogenated alkanes) is 5. The number of rotatable bonds is 8. The third-order valence-electron chi connectivity index (χ3n) is 4.89. The van der Waals surface area contributed by atoms with Crippen LogP contribution in [0.5, 0.6) is 0 Å². The number of hydrogen-bond donors (Lipinski definition) is 1. The van der Waals surface area contributed by atoms with Crippen molar-refractivity contribution in [2.75, 3.05) is 11.9 Å². The lowest BCUT2D eigenvalue weighted by Crippen LogP contribution is -2.43. The number of hydrogen-bond acceptors (Lipinski definition) is 2. The molecule has 0 fully saturated rings. The lowest BCUT2D eigenvalue weighted by molar-refractivity contribution is 0.0679. The van der Waals surface area contributed by atoms with E-state index in [0.29, 0.717) is 0 Å². The largest absolute Gasteiger partial charge is 0.361 e. The Balaban J connectivity index is 1.73. The van der Waals surface area contributed by atoms with Crippen LogP contribution < -0.4 is 5.32 Å². The Morgan fingerprint density at radius 1 is 0.880 bits per heavy atom. The number of nitrogens with one attached hydrogen (secondary N) is 1. The zero-order valence-corrected chi connectivity index (χ0v) is 15.1. The van der Waals surface area contributed by atoms with E-state index < -0.39 is 0 Å². The summed E-state index contributed by atoms with van der Waals surface area (Å²) >= 11 is 0. The fourth-order valence-electron chi connectivity index (χ4n) is 3.48. The van der Waals surface area contributed by atoms with Gasteiger partial charge in [-0.05, 0) is 24.1 Å². The van der Waals surface area contributed by atoms with Crippen molar-refractivity contribution in [2.45, 2.75) is 51.6 Å². The highest BCUT2D eigenvalue weighted by Crippen LogP contribution is 2.33. The van der Waals surface area contributed by atoms with E-state index in [1.807, 2.05) is 47.4 Å². The normalized spacial score (nSPS) is 16.4. The molecule has 0 bridgehead atoms. The third kappa shape index (κ3) is 4.22. The lowest BCUT2D eigenvalue weighted by Gasteiger charge is -2.38. The molecule has 0 spiro atoms. The molecular formula is C22H28N2O. The zero-order chi connectivity index (χ0) is 17.5. The molecule has 25 heavy (non-hydrogen) atoms. The van der Waals surface area contributed by atoms with Gasteiger partial charge in [0.25, 0.3) is 5.91 Å². The summed E-state index contributed by atoms with van der Waals surface area (Å²) in [5.41, 5.74) is 2.84. The maximum absolute atomic E-state index is 13.1. The Labute approximate surface area is 151 Å². The van der Waals surface area contributed by atoms with Gasteiger partial charge in [0, 0.05) is 12.2 Å².